The van der Waals surface area contributed by atoms with Gasteiger partial charge >= 0.3 is 6.18 Å². The summed E-state index contributed by atoms with van der Waals surface area (Å²) >= 11 is 0. The number of nitrogens with two attached hydrogens (primary N) is 1. The number of benzene rings is 2. The van der Waals surface area contributed by atoms with Crippen LogP contribution >= 0.6 is 12.4 Å². The first-order valence-corrected chi connectivity index (χ1v) is 5.97. The average molecular weight is 302 g/mol. The fourth-order valence-electron chi connectivity index (χ4n) is 1.91. The van der Waals surface area contributed by atoms with E-state index in [1.165, 1.54) is 6.07 Å². The summed E-state index contributed by atoms with van der Waals surface area (Å²) in [5.41, 5.74) is 7.24. The molecule has 0 aliphatic rings. The SMILES string of the molecule is Cl.NCCc1ccc(-c2cccc(C(F)(F)F)c2)cc1. The molecule has 2 rings (SSSR count). The van der Waals surface area contributed by atoms with E-state index in [4.69, 9.17) is 5.73 Å². The van der Waals surface area contributed by atoms with Gasteiger partial charge in [0.05, 0.1) is 5.56 Å². The van der Waals surface area contributed by atoms with Crippen molar-refractivity contribution in [2.75, 3.05) is 6.54 Å². The van der Waals surface area contributed by atoms with Crippen molar-refractivity contribution in [3.05, 3.63) is 59.7 Å². The van der Waals surface area contributed by atoms with Crippen LogP contribution < -0.4 is 5.73 Å². The third-order valence-corrected chi connectivity index (χ3v) is 2.91. The van der Waals surface area contributed by atoms with Gasteiger partial charge in [-0.2, -0.15) is 13.2 Å². The zero-order valence-electron chi connectivity index (χ0n) is 10.7. The molecule has 0 aliphatic carbocycles. The van der Waals surface area contributed by atoms with Crippen molar-refractivity contribution in [3.8, 4) is 11.1 Å². The Morgan fingerprint density at radius 1 is 0.900 bits per heavy atom. The number of alkyl halides is 3. The molecular weight excluding hydrogens is 287 g/mol. The quantitative estimate of drug-likeness (QED) is 0.899. The molecule has 0 spiro atoms. The molecule has 0 saturated heterocycles. The average Bonchev–Trinajstić information content (AvgIpc) is 2.39. The van der Waals surface area contributed by atoms with E-state index >= 15 is 0 Å². The zero-order valence-corrected chi connectivity index (χ0v) is 11.5. The third kappa shape index (κ3) is 3.99. The van der Waals surface area contributed by atoms with Crippen LogP contribution in [-0.4, -0.2) is 6.54 Å². The third-order valence-electron chi connectivity index (χ3n) is 2.91. The Labute approximate surface area is 122 Å². The normalized spacial score (nSPS) is 11.0. The minimum atomic E-state index is -4.31. The number of hydrogen-bond donors (Lipinski definition) is 1. The zero-order chi connectivity index (χ0) is 13.9. The summed E-state index contributed by atoms with van der Waals surface area (Å²) in [5.74, 6) is 0. The molecule has 0 bridgehead atoms. The summed E-state index contributed by atoms with van der Waals surface area (Å²) in [5, 5.41) is 0. The van der Waals surface area contributed by atoms with Crippen LogP contribution in [0.25, 0.3) is 11.1 Å². The van der Waals surface area contributed by atoms with Gasteiger partial charge in [0.25, 0.3) is 0 Å². The molecule has 0 saturated carbocycles. The molecule has 0 unspecified atom stereocenters. The second kappa shape index (κ2) is 6.77. The lowest BCUT2D eigenvalue weighted by Crippen LogP contribution is -2.04. The van der Waals surface area contributed by atoms with E-state index in [0.717, 1.165) is 29.7 Å². The monoisotopic (exact) mass is 301 g/mol. The number of rotatable bonds is 3. The van der Waals surface area contributed by atoms with Gasteiger partial charge < -0.3 is 5.73 Å². The molecular formula is C15H15ClF3N. The van der Waals surface area contributed by atoms with Crippen molar-refractivity contribution in [1.29, 1.82) is 0 Å². The van der Waals surface area contributed by atoms with E-state index < -0.39 is 11.7 Å². The Hall–Kier alpha value is -1.52. The highest BCUT2D eigenvalue weighted by atomic mass is 35.5. The minimum Gasteiger partial charge on any atom is -0.330 e. The topological polar surface area (TPSA) is 26.0 Å². The van der Waals surface area contributed by atoms with E-state index in [0.29, 0.717) is 12.1 Å². The van der Waals surface area contributed by atoms with Gasteiger partial charge in [-0.1, -0.05) is 36.4 Å². The molecule has 0 heterocycles. The Bertz CT molecular complexity index is 550. The van der Waals surface area contributed by atoms with E-state index in [1.807, 2.05) is 24.3 Å². The standard InChI is InChI=1S/C15H14F3N.ClH/c16-15(17,18)14-3-1-2-13(10-14)12-6-4-11(5-7-12)8-9-19;/h1-7,10H,8-9,19H2;1H. The van der Waals surface area contributed by atoms with Crippen LogP contribution in [0.1, 0.15) is 11.1 Å². The fourth-order valence-corrected chi connectivity index (χ4v) is 1.91. The molecule has 0 radical (unpaired) electrons. The first-order chi connectivity index (χ1) is 9.00. The first-order valence-electron chi connectivity index (χ1n) is 5.97. The van der Waals surface area contributed by atoms with Crippen molar-refractivity contribution >= 4 is 12.4 Å². The summed E-state index contributed by atoms with van der Waals surface area (Å²) in [7, 11) is 0. The maximum absolute atomic E-state index is 12.6. The van der Waals surface area contributed by atoms with Crippen molar-refractivity contribution in [2.45, 2.75) is 12.6 Å². The molecule has 1 nitrogen and oxygen atoms in total. The van der Waals surface area contributed by atoms with Gasteiger partial charge in [0.15, 0.2) is 0 Å². The van der Waals surface area contributed by atoms with Gasteiger partial charge in [-0.15, -0.1) is 12.4 Å². The highest BCUT2D eigenvalue weighted by Crippen LogP contribution is 2.32. The van der Waals surface area contributed by atoms with E-state index in [2.05, 4.69) is 0 Å². The number of halogens is 4. The lowest BCUT2D eigenvalue weighted by molar-refractivity contribution is -0.137. The molecule has 0 atom stereocenters. The van der Waals surface area contributed by atoms with Crippen LogP contribution in [0.2, 0.25) is 0 Å². The summed E-state index contributed by atoms with van der Waals surface area (Å²) in [6.07, 6.45) is -3.54. The van der Waals surface area contributed by atoms with Gasteiger partial charge in [-0.05, 0) is 41.8 Å². The highest BCUT2D eigenvalue weighted by molar-refractivity contribution is 5.85. The summed E-state index contributed by atoms with van der Waals surface area (Å²) < 4.78 is 37.9. The van der Waals surface area contributed by atoms with E-state index in [9.17, 15) is 13.2 Å². The summed E-state index contributed by atoms with van der Waals surface area (Å²) in [6.45, 7) is 0.558. The predicted molar refractivity (Wildman–Crippen MR) is 76.9 cm³/mol. The van der Waals surface area contributed by atoms with Crippen LogP contribution in [0, 0.1) is 0 Å². The second-order valence-electron chi connectivity index (χ2n) is 4.31. The molecule has 20 heavy (non-hydrogen) atoms. The van der Waals surface area contributed by atoms with Crippen molar-refractivity contribution < 1.29 is 13.2 Å². The van der Waals surface area contributed by atoms with Crippen LogP contribution in [0.15, 0.2) is 48.5 Å². The van der Waals surface area contributed by atoms with Gasteiger partial charge in [0.2, 0.25) is 0 Å². The molecule has 0 amide bonds. The van der Waals surface area contributed by atoms with Crippen molar-refractivity contribution in [1.82, 2.24) is 0 Å². The van der Waals surface area contributed by atoms with Crippen LogP contribution in [0.3, 0.4) is 0 Å². The van der Waals surface area contributed by atoms with E-state index in [1.54, 1.807) is 6.07 Å². The molecule has 5 heteroatoms. The van der Waals surface area contributed by atoms with E-state index in [-0.39, 0.29) is 12.4 Å². The van der Waals surface area contributed by atoms with Gasteiger partial charge in [0, 0.05) is 0 Å². The highest BCUT2D eigenvalue weighted by Gasteiger charge is 2.30. The minimum absolute atomic E-state index is 0. The molecule has 0 aromatic heterocycles. The largest absolute Gasteiger partial charge is 0.416 e. The molecule has 2 aromatic rings. The number of hydrogen-bond acceptors (Lipinski definition) is 1. The van der Waals surface area contributed by atoms with Crippen LogP contribution in [0.5, 0.6) is 0 Å². The first kappa shape index (κ1) is 16.5. The van der Waals surface area contributed by atoms with Gasteiger partial charge in [-0.3, -0.25) is 0 Å². The summed E-state index contributed by atoms with van der Waals surface area (Å²) in [4.78, 5) is 0. The van der Waals surface area contributed by atoms with Crippen molar-refractivity contribution in [3.63, 3.8) is 0 Å². The lowest BCUT2D eigenvalue weighted by atomic mass is 10.0. The molecule has 0 fully saturated rings. The van der Waals surface area contributed by atoms with Gasteiger partial charge in [-0.25, -0.2) is 0 Å². The summed E-state index contributed by atoms with van der Waals surface area (Å²) in [6, 6.07) is 12.8. The molecule has 108 valence electrons. The smallest absolute Gasteiger partial charge is 0.330 e. The Balaban J connectivity index is 0.00000200. The lowest BCUT2D eigenvalue weighted by Gasteiger charge is -2.09. The fraction of sp³-hybridized carbons (Fsp3) is 0.200. The van der Waals surface area contributed by atoms with Gasteiger partial charge in [0.1, 0.15) is 0 Å². The Morgan fingerprint density at radius 3 is 2.10 bits per heavy atom. The molecule has 0 aliphatic heterocycles. The van der Waals surface area contributed by atoms with Crippen LogP contribution in [-0.2, 0) is 12.6 Å². The maximum atomic E-state index is 12.6. The Kier molecular flexibility index (Phi) is 5.60. The van der Waals surface area contributed by atoms with Crippen LogP contribution in [0.4, 0.5) is 13.2 Å². The maximum Gasteiger partial charge on any atom is 0.416 e. The molecule has 2 aromatic carbocycles. The Morgan fingerprint density at radius 2 is 1.55 bits per heavy atom. The van der Waals surface area contributed by atoms with Crippen molar-refractivity contribution in [2.24, 2.45) is 5.73 Å². The molecule has 2 N–H and O–H groups in total. The second-order valence-corrected chi connectivity index (χ2v) is 4.31. The predicted octanol–water partition coefficient (Wildman–Crippen LogP) is 4.30.